The second-order valence-electron chi connectivity index (χ2n) is 6.08. The van der Waals surface area contributed by atoms with Gasteiger partial charge >= 0.3 is 0 Å². The van der Waals surface area contributed by atoms with Crippen molar-refractivity contribution in [3.8, 4) is 0 Å². The predicted molar refractivity (Wildman–Crippen MR) is 99.4 cm³/mol. The van der Waals surface area contributed by atoms with Crippen molar-refractivity contribution in [1.29, 1.82) is 0 Å². The minimum absolute atomic E-state index is 0.00875. The molecule has 1 aromatic carbocycles. The summed E-state index contributed by atoms with van der Waals surface area (Å²) < 4.78 is 1.08. The van der Waals surface area contributed by atoms with Crippen molar-refractivity contribution in [1.82, 2.24) is 15.5 Å². The van der Waals surface area contributed by atoms with Crippen molar-refractivity contribution in [2.24, 2.45) is 10.4 Å². The van der Waals surface area contributed by atoms with Gasteiger partial charge < -0.3 is 15.5 Å². The Labute approximate surface area is 147 Å². The summed E-state index contributed by atoms with van der Waals surface area (Å²) in [5.74, 6) is 0.783. The molecule has 0 bridgehead atoms. The summed E-state index contributed by atoms with van der Waals surface area (Å²) >= 11 is 3.57. The highest BCUT2D eigenvalue weighted by atomic mass is 79.9. The van der Waals surface area contributed by atoms with Crippen molar-refractivity contribution in [3.05, 3.63) is 34.3 Å². The highest BCUT2D eigenvalue weighted by Gasteiger charge is 2.26. The number of guanidine groups is 1. The molecule has 2 N–H and O–H groups in total. The van der Waals surface area contributed by atoms with Crippen LogP contribution < -0.4 is 10.6 Å². The average Bonchev–Trinajstić information content (AvgIpc) is 2.52. The Kier molecular flexibility index (Phi) is 7.55. The van der Waals surface area contributed by atoms with Crippen LogP contribution in [-0.2, 0) is 11.3 Å². The van der Waals surface area contributed by atoms with Gasteiger partial charge in [0.15, 0.2) is 5.96 Å². The van der Waals surface area contributed by atoms with E-state index < -0.39 is 5.41 Å². The fraction of sp³-hybridized carbons (Fsp3) is 0.529. The van der Waals surface area contributed by atoms with Crippen molar-refractivity contribution in [2.75, 3.05) is 27.2 Å². The van der Waals surface area contributed by atoms with E-state index in [0.717, 1.165) is 23.5 Å². The van der Waals surface area contributed by atoms with E-state index in [1.165, 1.54) is 5.56 Å². The number of amides is 1. The second-order valence-corrected chi connectivity index (χ2v) is 6.93. The number of aliphatic imine (C=N–C) groups is 1. The lowest BCUT2D eigenvalue weighted by atomic mass is 9.93. The number of hydrogen-bond acceptors (Lipinski definition) is 2. The molecule has 0 aliphatic heterocycles. The SMILES string of the molecule is CCNC(=NCC(C)(C)C(=O)NC)N(C)Cc1ccccc1Br. The van der Waals surface area contributed by atoms with Crippen molar-refractivity contribution >= 4 is 27.8 Å². The van der Waals surface area contributed by atoms with Crippen molar-refractivity contribution in [2.45, 2.75) is 27.3 Å². The van der Waals surface area contributed by atoms with E-state index in [1.54, 1.807) is 7.05 Å². The lowest BCUT2D eigenvalue weighted by molar-refractivity contribution is -0.128. The molecule has 0 spiro atoms. The van der Waals surface area contributed by atoms with Gasteiger partial charge in [-0.05, 0) is 32.4 Å². The van der Waals surface area contributed by atoms with Gasteiger partial charge in [0.05, 0.1) is 12.0 Å². The van der Waals surface area contributed by atoms with Crippen molar-refractivity contribution < 1.29 is 4.79 Å². The largest absolute Gasteiger partial charge is 0.359 e. The van der Waals surface area contributed by atoms with E-state index in [1.807, 2.05) is 46.0 Å². The molecule has 0 unspecified atom stereocenters. The van der Waals surface area contributed by atoms with Gasteiger partial charge in [0.25, 0.3) is 0 Å². The molecule has 0 saturated carbocycles. The molecule has 0 saturated heterocycles. The number of nitrogens with zero attached hydrogens (tertiary/aromatic N) is 2. The van der Waals surface area contributed by atoms with E-state index in [9.17, 15) is 4.79 Å². The molecule has 0 aromatic heterocycles. The number of halogens is 1. The summed E-state index contributed by atoms with van der Waals surface area (Å²) in [4.78, 5) is 18.6. The van der Waals surface area contributed by atoms with Crippen LogP contribution in [0.15, 0.2) is 33.7 Å². The molecule has 0 aliphatic rings. The lowest BCUT2D eigenvalue weighted by Gasteiger charge is -2.25. The van der Waals surface area contributed by atoms with Gasteiger partial charge in [0.1, 0.15) is 0 Å². The molecule has 1 aromatic rings. The third-order valence-electron chi connectivity index (χ3n) is 3.53. The first kappa shape index (κ1) is 19.5. The first-order valence-electron chi connectivity index (χ1n) is 7.77. The third kappa shape index (κ3) is 5.86. The topological polar surface area (TPSA) is 56.7 Å². The van der Waals surface area contributed by atoms with Crippen LogP contribution in [0.1, 0.15) is 26.3 Å². The standard InChI is InChI=1S/C17H27BrN4O/c1-6-20-16(21-12-17(2,3)15(23)19-4)22(5)11-13-9-7-8-10-14(13)18/h7-10H,6,11-12H2,1-5H3,(H,19,23)(H,20,21). The summed E-state index contributed by atoms with van der Waals surface area (Å²) in [6.07, 6.45) is 0. The molecule has 23 heavy (non-hydrogen) atoms. The van der Waals surface area contributed by atoms with Crippen molar-refractivity contribution in [3.63, 3.8) is 0 Å². The van der Waals surface area contributed by atoms with E-state index in [-0.39, 0.29) is 5.91 Å². The summed E-state index contributed by atoms with van der Waals surface area (Å²) in [5, 5.41) is 5.97. The molecule has 5 nitrogen and oxygen atoms in total. The second kappa shape index (κ2) is 8.91. The highest BCUT2D eigenvalue weighted by Crippen LogP contribution is 2.18. The van der Waals surface area contributed by atoms with Crippen LogP contribution >= 0.6 is 15.9 Å². The molecule has 6 heteroatoms. The smallest absolute Gasteiger partial charge is 0.227 e. The third-order valence-corrected chi connectivity index (χ3v) is 4.30. The first-order valence-corrected chi connectivity index (χ1v) is 8.56. The van der Waals surface area contributed by atoms with Crippen LogP contribution in [-0.4, -0.2) is 44.0 Å². The summed E-state index contributed by atoms with van der Waals surface area (Å²) in [6.45, 7) is 7.76. The number of rotatable bonds is 6. The maximum Gasteiger partial charge on any atom is 0.227 e. The normalized spacial score (nSPS) is 12.0. The van der Waals surface area contributed by atoms with E-state index in [2.05, 4.69) is 42.5 Å². The zero-order chi connectivity index (χ0) is 17.5. The van der Waals surface area contributed by atoms with Crippen LogP contribution in [0, 0.1) is 5.41 Å². The summed E-state index contributed by atoms with van der Waals surface area (Å²) in [6, 6.07) is 8.13. The predicted octanol–water partition coefficient (Wildman–Crippen LogP) is 2.62. The van der Waals surface area contributed by atoms with E-state index in [4.69, 9.17) is 0 Å². The van der Waals surface area contributed by atoms with Gasteiger partial charge in [-0.25, -0.2) is 0 Å². The Morgan fingerprint density at radius 3 is 2.57 bits per heavy atom. The summed E-state index contributed by atoms with van der Waals surface area (Å²) in [7, 11) is 3.64. The lowest BCUT2D eigenvalue weighted by Crippen LogP contribution is -2.41. The van der Waals surface area contributed by atoms with Crippen LogP contribution in [0.2, 0.25) is 0 Å². The molecule has 0 radical (unpaired) electrons. The Hall–Kier alpha value is -1.56. The van der Waals surface area contributed by atoms with Crippen LogP contribution in [0.4, 0.5) is 0 Å². The fourth-order valence-corrected chi connectivity index (χ4v) is 2.52. The number of nitrogens with one attached hydrogen (secondary N) is 2. The van der Waals surface area contributed by atoms with Gasteiger partial charge in [0.2, 0.25) is 5.91 Å². The van der Waals surface area contributed by atoms with Gasteiger partial charge in [-0.1, -0.05) is 34.1 Å². The molecule has 1 rings (SSSR count). The maximum absolute atomic E-state index is 11.9. The molecular formula is C17H27BrN4O. The molecule has 0 atom stereocenters. The molecule has 0 fully saturated rings. The van der Waals surface area contributed by atoms with Gasteiger partial charge in [-0.15, -0.1) is 0 Å². The minimum atomic E-state index is -0.538. The van der Waals surface area contributed by atoms with Crippen LogP contribution in [0.5, 0.6) is 0 Å². The molecule has 0 aliphatic carbocycles. The molecular weight excluding hydrogens is 356 g/mol. The maximum atomic E-state index is 11.9. The zero-order valence-electron chi connectivity index (χ0n) is 14.6. The van der Waals surface area contributed by atoms with Crippen LogP contribution in [0.3, 0.4) is 0 Å². The number of hydrogen-bond donors (Lipinski definition) is 2. The molecule has 128 valence electrons. The Bertz CT molecular complexity index is 557. The van der Waals surface area contributed by atoms with E-state index in [0.29, 0.717) is 6.54 Å². The number of carbonyl (C=O) groups excluding carboxylic acids is 1. The molecule has 0 heterocycles. The highest BCUT2D eigenvalue weighted by molar-refractivity contribution is 9.10. The Morgan fingerprint density at radius 1 is 1.35 bits per heavy atom. The van der Waals surface area contributed by atoms with Gasteiger partial charge in [-0.3, -0.25) is 9.79 Å². The minimum Gasteiger partial charge on any atom is -0.359 e. The first-order chi connectivity index (χ1) is 10.8. The quantitative estimate of drug-likeness (QED) is 0.587. The zero-order valence-corrected chi connectivity index (χ0v) is 16.2. The van der Waals surface area contributed by atoms with E-state index >= 15 is 0 Å². The number of carbonyl (C=O) groups is 1. The van der Waals surface area contributed by atoms with Crippen LogP contribution in [0.25, 0.3) is 0 Å². The molecule has 1 amide bonds. The Morgan fingerprint density at radius 2 is 2.00 bits per heavy atom. The average molecular weight is 383 g/mol. The summed E-state index contributed by atoms with van der Waals surface area (Å²) in [5.41, 5.74) is 0.648. The number of benzene rings is 1. The van der Waals surface area contributed by atoms with Gasteiger partial charge in [-0.2, -0.15) is 0 Å². The van der Waals surface area contributed by atoms with Gasteiger partial charge in [0, 0.05) is 31.7 Å². The fourth-order valence-electron chi connectivity index (χ4n) is 2.11. The Balaban J connectivity index is 2.86. The monoisotopic (exact) mass is 382 g/mol.